The second-order valence-corrected chi connectivity index (χ2v) is 12.2. The number of anilines is 1. The summed E-state index contributed by atoms with van der Waals surface area (Å²) in [5, 5.41) is 51.1. The summed E-state index contributed by atoms with van der Waals surface area (Å²) in [6.07, 6.45) is 0.0578. The number of hydrogen-bond acceptors (Lipinski definition) is 11. The first-order valence-corrected chi connectivity index (χ1v) is 15.6. The van der Waals surface area contributed by atoms with Gasteiger partial charge in [-0.05, 0) is 31.6 Å². The molecule has 0 bridgehead atoms. The van der Waals surface area contributed by atoms with Crippen molar-refractivity contribution in [2.75, 3.05) is 57.4 Å². The number of amides is 1. The minimum absolute atomic E-state index is 0.0294. The Hall–Kier alpha value is -2.72. The zero-order valence-corrected chi connectivity index (χ0v) is 25.7. The lowest BCUT2D eigenvalue weighted by Crippen LogP contribution is -2.55. The summed E-state index contributed by atoms with van der Waals surface area (Å²) in [5.74, 6) is -0.794. The predicted molar refractivity (Wildman–Crippen MR) is 161 cm³/mol. The molecule has 3 heterocycles. The first kappa shape index (κ1) is 35.1. The number of piperidine rings is 1. The van der Waals surface area contributed by atoms with Crippen LogP contribution in [0.1, 0.15) is 31.2 Å². The van der Waals surface area contributed by atoms with Gasteiger partial charge in [-0.2, -0.15) is 0 Å². The summed E-state index contributed by atoms with van der Waals surface area (Å²) >= 11 is 5.86. The van der Waals surface area contributed by atoms with Gasteiger partial charge < -0.3 is 45.4 Å². The van der Waals surface area contributed by atoms with Crippen LogP contribution in [0.15, 0.2) is 24.5 Å². The van der Waals surface area contributed by atoms with Crippen LogP contribution in [0.2, 0.25) is 5.02 Å². The topological polar surface area (TPSA) is 172 Å². The Morgan fingerprint density at radius 1 is 1.02 bits per heavy atom. The third-order valence-electron chi connectivity index (χ3n) is 8.39. The average Bonchev–Trinajstić information content (AvgIpc) is 3.01. The molecule has 0 aliphatic carbocycles. The van der Waals surface area contributed by atoms with Gasteiger partial charge in [0.25, 0.3) is 0 Å². The molecule has 4 unspecified atom stereocenters. The molecule has 1 aromatic carbocycles. The minimum Gasteiger partial charge on any atom is -0.493 e. The molecule has 1 amide bonds. The molecule has 6 N–H and O–H groups in total. The van der Waals surface area contributed by atoms with Crippen LogP contribution in [0, 0.1) is 23.5 Å². The van der Waals surface area contributed by atoms with Gasteiger partial charge in [-0.3, -0.25) is 4.79 Å². The van der Waals surface area contributed by atoms with E-state index >= 15 is 0 Å². The molecule has 4 rings (SSSR count). The summed E-state index contributed by atoms with van der Waals surface area (Å²) in [7, 11) is 0. The fourth-order valence-corrected chi connectivity index (χ4v) is 5.67. The molecule has 45 heavy (non-hydrogen) atoms. The smallest absolute Gasteiger partial charge is 0.227 e. The average molecular weight is 658 g/mol. The fourth-order valence-electron chi connectivity index (χ4n) is 5.57. The van der Waals surface area contributed by atoms with E-state index in [1.807, 2.05) is 0 Å². The molecule has 250 valence electrons. The number of likely N-dealkylation sites (tertiary alicyclic amines) is 1. The second-order valence-electron chi connectivity index (χ2n) is 11.8. The van der Waals surface area contributed by atoms with Crippen LogP contribution in [-0.4, -0.2) is 123 Å². The Kier molecular flexibility index (Phi) is 13.1. The predicted octanol–water partition coefficient (Wildman–Crippen LogP) is 0.510. The first-order valence-electron chi connectivity index (χ1n) is 15.2. The summed E-state index contributed by atoms with van der Waals surface area (Å²) in [6.45, 7) is 2.26. The molecule has 1 aromatic heterocycles. The lowest BCUT2D eigenvalue weighted by atomic mass is 9.92. The van der Waals surface area contributed by atoms with Crippen LogP contribution >= 0.6 is 11.6 Å². The standard InChI is InChI=1S/C30H42ClF2N5O7/c31-20-12-35-30(36-13-20)37-5-3-18(4-6-37)2-1-7-45-21-8-23(32)22(24(33)9-21)10-27(42)38-15-19(16-38)11-34-14-25(40)28(43)29(44)26(41)17-39/h8-9,12-13,18-19,25-26,28-29,34,39-41,43-44H,1-7,10-11,14-17H2. The molecule has 0 radical (unpaired) electrons. The summed E-state index contributed by atoms with van der Waals surface area (Å²) in [6, 6.07) is 2.21. The molecule has 15 heteroatoms. The molecule has 2 aliphatic heterocycles. The maximum absolute atomic E-state index is 14.8. The largest absolute Gasteiger partial charge is 0.493 e. The van der Waals surface area contributed by atoms with Crippen molar-refractivity contribution in [1.29, 1.82) is 0 Å². The number of ether oxygens (including phenoxy) is 1. The van der Waals surface area contributed by atoms with Crippen LogP contribution in [0.5, 0.6) is 5.75 Å². The van der Waals surface area contributed by atoms with E-state index in [0.717, 1.165) is 50.9 Å². The number of nitrogens with one attached hydrogen (secondary N) is 1. The maximum atomic E-state index is 14.8. The Morgan fingerprint density at radius 2 is 1.64 bits per heavy atom. The normalized spacial score (nSPS) is 18.8. The second kappa shape index (κ2) is 16.7. The quantitative estimate of drug-likeness (QED) is 0.139. The van der Waals surface area contributed by atoms with Gasteiger partial charge >= 0.3 is 0 Å². The van der Waals surface area contributed by atoms with Crippen molar-refractivity contribution in [3.05, 3.63) is 46.7 Å². The van der Waals surface area contributed by atoms with Gasteiger partial charge in [0.1, 0.15) is 35.7 Å². The number of benzene rings is 1. The van der Waals surface area contributed by atoms with E-state index in [-0.39, 0.29) is 23.8 Å². The highest BCUT2D eigenvalue weighted by Crippen LogP contribution is 2.26. The zero-order chi connectivity index (χ0) is 32.5. The van der Waals surface area contributed by atoms with Gasteiger partial charge in [-0.15, -0.1) is 0 Å². The molecule has 12 nitrogen and oxygen atoms in total. The fraction of sp³-hybridized carbons (Fsp3) is 0.633. The van der Waals surface area contributed by atoms with E-state index in [4.69, 9.17) is 21.4 Å². The molecule has 2 fully saturated rings. The van der Waals surface area contributed by atoms with E-state index in [0.29, 0.717) is 43.1 Å². The van der Waals surface area contributed by atoms with Crippen LogP contribution < -0.4 is 15.0 Å². The number of aliphatic hydroxyl groups excluding tert-OH is 5. The third-order valence-corrected chi connectivity index (χ3v) is 8.59. The molecule has 2 saturated heterocycles. The highest BCUT2D eigenvalue weighted by Gasteiger charge is 2.33. The van der Waals surface area contributed by atoms with E-state index in [2.05, 4.69) is 20.2 Å². The monoisotopic (exact) mass is 657 g/mol. The highest BCUT2D eigenvalue weighted by atomic mass is 35.5. The van der Waals surface area contributed by atoms with Gasteiger partial charge in [-0.1, -0.05) is 11.6 Å². The molecule has 0 spiro atoms. The van der Waals surface area contributed by atoms with Crippen LogP contribution in [0.4, 0.5) is 14.7 Å². The maximum Gasteiger partial charge on any atom is 0.227 e. The van der Waals surface area contributed by atoms with Crippen molar-refractivity contribution < 1.29 is 43.8 Å². The Morgan fingerprint density at radius 3 is 2.27 bits per heavy atom. The lowest BCUT2D eigenvalue weighted by Gasteiger charge is -2.39. The first-order chi connectivity index (χ1) is 21.5. The third kappa shape index (κ3) is 9.88. The number of carbonyl (C=O) groups is 1. The van der Waals surface area contributed by atoms with Crippen molar-refractivity contribution >= 4 is 23.5 Å². The van der Waals surface area contributed by atoms with E-state index in [1.165, 1.54) is 4.90 Å². The van der Waals surface area contributed by atoms with Gasteiger partial charge in [0.05, 0.1) is 43.2 Å². The molecule has 2 aromatic rings. The zero-order valence-electron chi connectivity index (χ0n) is 24.9. The van der Waals surface area contributed by atoms with Crippen molar-refractivity contribution in [2.45, 2.75) is 56.5 Å². The van der Waals surface area contributed by atoms with Crippen molar-refractivity contribution in [2.24, 2.45) is 11.8 Å². The van der Waals surface area contributed by atoms with E-state index in [9.17, 15) is 34.0 Å². The number of halogens is 3. The van der Waals surface area contributed by atoms with Gasteiger partial charge in [0.15, 0.2) is 0 Å². The van der Waals surface area contributed by atoms with Crippen LogP contribution in [-0.2, 0) is 11.2 Å². The number of rotatable bonds is 16. The SMILES string of the molecule is O=C(Cc1c(F)cc(OCCCC2CCN(c3ncc(Cl)cn3)CC2)cc1F)N1CC(CNCC(O)C(O)C(O)C(O)CO)C1. The number of aromatic nitrogens is 2. The molecule has 0 saturated carbocycles. The van der Waals surface area contributed by atoms with E-state index in [1.54, 1.807) is 12.4 Å². The molecule has 2 aliphatic rings. The van der Waals surface area contributed by atoms with Crippen molar-refractivity contribution in [1.82, 2.24) is 20.2 Å². The molecule has 4 atom stereocenters. The Labute approximate surface area is 265 Å². The van der Waals surface area contributed by atoms with Crippen LogP contribution in [0.3, 0.4) is 0 Å². The highest BCUT2D eigenvalue weighted by molar-refractivity contribution is 6.30. The number of hydrogen-bond donors (Lipinski definition) is 6. The number of aliphatic hydroxyl groups is 5. The number of carbonyl (C=O) groups excluding carboxylic acids is 1. The Balaban J connectivity index is 1.11. The van der Waals surface area contributed by atoms with E-state index < -0.39 is 55.0 Å². The molecular formula is C30H42ClF2N5O7. The van der Waals surface area contributed by atoms with Crippen LogP contribution in [0.25, 0.3) is 0 Å². The van der Waals surface area contributed by atoms with Gasteiger partial charge in [-0.25, -0.2) is 18.7 Å². The molecular weight excluding hydrogens is 616 g/mol. The lowest BCUT2D eigenvalue weighted by molar-refractivity contribution is -0.136. The number of nitrogens with zero attached hydrogens (tertiary/aromatic N) is 4. The van der Waals surface area contributed by atoms with Crippen molar-refractivity contribution in [3.8, 4) is 5.75 Å². The summed E-state index contributed by atoms with van der Waals surface area (Å²) in [5.41, 5.74) is -0.314. The summed E-state index contributed by atoms with van der Waals surface area (Å²) < 4.78 is 35.1. The van der Waals surface area contributed by atoms with Gasteiger partial charge in [0, 0.05) is 62.9 Å². The Bertz CT molecular complexity index is 1210. The van der Waals surface area contributed by atoms with Gasteiger partial charge in [0.2, 0.25) is 11.9 Å². The summed E-state index contributed by atoms with van der Waals surface area (Å²) in [4.78, 5) is 24.8. The van der Waals surface area contributed by atoms with Crippen molar-refractivity contribution in [3.63, 3.8) is 0 Å². The minimum atomic E-state index is -1.71.